The highest BCUT2D eigenvalue weighted by molar-refractivity contribution is 7.10. The van der Waals surface area contributed by atoms with Crippen molar-refractivity contribution in [2.24, 2.45) is 11.1 Å². The molecule has 0 amide bonds. The standard InChI is InChI=1S/C11H15NO2S/c1-11(2)8(9(11)12)7-4-6(5-15-7)10(13)14-3/h4-5,8-9H,12H2,1-3H3/t8-,9-/m0/s1. The van der Waals surface area contributed by atoms with Crippen LogP contribution < -0.4 is 5.73 Å². The Hall–Kier alpha value is -0.870. The van der Waals surface area contributed by atoms with Gasteiger partial charge in [0, 0.05) is 22.2 Å². The van der Waals surface area contributed by atoms with E-state index in [9.17, 15) is 4.79 Å². The zero-order chi connectivity index (χ0) is 11.2. The number of rotatable bonds is 2. The lowest BCUT2D eigenvalue weighted by Crippen LogP contribution is -2.06. The lowest BCUT2D eigenvalue weighted by molar-refractivity contribution is 0.0601. The molecule has 1 aliphatic rings. The summed E-state index contributed by atoms with van der Waals surface area (Å²) >= 11 is 1.59. The summed E-state index contributed by atoms with van der Waals surface area (Å²) in [6, 6.07) is 2.11. The van der Waals surface area contributed by atoms with Crippen molar-refractivity contribution in [3.8, 4) is 0 Å². The monoisotopic (exact) mass is 225 g/mol. The van der Waals surface area contributed by atoms with Gasteiger partial charge in [-0.3, -0.25) is 0 Å². The Morgan fingerprint density at radius 2 is 2.20 bits per heavy atom. The van der Waals surface area contributed by atoms with Crippen molar-refractivity contribution >= 4 is 17.3 Å². The van der Waals surface area contributed by atoms with Crippen LogP contribution in [0, 0.1) is 5.41 Å². The van der Waals surface area contributed by atoms with Gasteiger partial charge >= 0.3 is 5.97 Å². The quantitative estimate of drug-likeness (QED) is 0.783. The van der Waals surface area contributed by atoms with E-state index < -0.39 is 0 Å². The lowest BCUT2D eigenvalue weighted by atomic mass is 10.1. The first-order chi connectivity index (χ1) is 6.98. The Balaban J connectivity index is 2.19. The third-order valence-electron chi connectivity index (χ3n) is 3.26. The molecule has 0 aliphatic heterocycles. The minimum Gasteiger partial charge on any atom is -0.465 e. The van der Waals surface area contributed by atoms with Crippen LogP contribution in [-0.2, 0) is 4.74 Å². The molecule has 0 bridgehead atoms. The molecule has 4 heteroatoms. The van der Waals surface area contributed by atoms with Crippen molar-refractivity contribution < 1.29 is 9.53 Å². The number of carbonyl (C=O) groups excluding carboxylic acids is 1. The molecule has 2 N–H and O–H groups in total. The van der Waals surface area contributed by atoms with Crippen molar-refractivity contribution in [2.75, 3.05) is 7.11 Å². The van der Waals surface area contributed by atoms with E-state index in [0.29, 0.717) is 11.5 Å². The predicted octanol–water partition coefficient (Wildman–Crippen LogP) is 1.99. The lowest BCUT2D eigenvalue weighted by Gasteiger charge is -1.98. The molecular formula is C11H15NO2S. The Morgan fingerprint density at radius 3 is 2.67 bits per heavy atom. The second kappa shape index (κ2) is 3.32. The van der Waals surface area contributed by atoms with E-state index in [4.69, 9.17) is 5.73 Å². The first-order valence-corrected chi connectivity index (χ1v) is 5.78. The Kier molecular flexibility index (Phi) is 2.35. The van der Waals surface area contributed by atoms with Gasteiger partial charge in [0.2, 0.25) is 0 Å². The van der Waals surface area contributed by atoms with Crippen molar-refractivity contribution in [1.82, 2.24) is 0 Å². The molecule has 1 saturated carbocycles. The predicted molar refractivity (Wildman–Crippen MR) is 60.2 cm³/mol. The number of thiophene rings is 1. The van der Waals surface area contributed by atoms with Gasteiger partial charge in [0.05, 0.1) is 12.7 Å². The van der Waals surface area contributed by atoms with E-state index in [-0.39, 0.29) is 17.4 Å². The SMILES string of the molecule is COC(=O)c1csc([C@H]2[C@H](N)C2(C)C)c1. The van der Waals surface area contributed by atoms with E-state index in [0.717, 1.165) is 0 Å². The molecule has 1 aromatic rings. The van der Waals surface area contributed by atoms with Crippen molar-refractivity contribution in [1.29, 1.82) is 0 Å². The molecule has 0 saturated heterocycles. The number of hydrogen-bond acceptors (Lipinski definition) is 4. The van der Waals surface area contributed by atoms with Gasteiger partial charge in [-0.25, -0.2) is 4.79 Å². The molecule has 2 atom stereocenters. The van der Waals surface area contributed by atoms with Crippen molar-refractivity contribution in [3.05, 3.63) is 21.9 Å². The van der Waals surface area contributed by atoms with Crippen LogP contribution in [-0.4, -0.2) is 19.1 Å². The fraction of sp³-hybridized carbons (Fsp3) is 0.545. The summed E-state index contributed by atoms with van der Waals surface area (Å²) in [5.74, 6) is 0.116. The molecule has 0 unspecified atom stereocenters. The van der Waals surface area contributed by atoms with E-state index >= 15 is 0 Å². The summed E-state index contributed by atoms with van der Waals surface area (Å²) in [7, 11) is 1.40. The summed E-state index contributed by atoms with van der Waals surface area (Å²) < 4.78 is 4.67. The molecule has 3 nitrogen and oxygen atoms in total. The highest BCUT2D eigenvalue weighted by atomic mass is 32.1. The number of nitrogens with two attached hydrogens (primary N) is 1. The van der Waals surface area contributed by atoms with E-state index in [1.165, 1.54) is 12.0 Å². The third kappa shape index (κ3) is 1.58. The minimum atomic E-state index is -0.274. The molecule has 82 valence electrons. The van der Waals surface area contributed by atoms with E-state index in [1.54, 1.807) is 11.3 Å². The highest BCUT2D eigenvalue weighted by Gasteiger charge is 2.56. The average Bonchev–Trinajstić information content (AvgIpc) is 2.58. The zero-order valence-electron chi connectivity index (χ0n) is 9.11. The summed E-state index contributed by atoms with van der Waals surface area (Å²) in [4.78, 5) is 12.5. The molecule has 1 heterocycles. The van der Waals surface area contributed by atoms with Crippen LogP contribution in [0.3, 0.4) is 0 Å². The van der Waals surface area contributed by atoms with E-state index in [1.807, 2.05) is 11.4 Å². The number of carbonyl (C=O) groups is 1. The smallest absolute Gasteiger partial charge is 0.338 e. The molecule has 0 aromatic carbocycles. The van der Waals surface area contributed by atoms with E-state index in [2.05, 4.69) is 18.6 Å². The second-order valence-electron chi connectivity index (χ2n) is 4.55. The van der Waals surface area contributed by atoms with Crippen LogP contribution >= 0.6 is 11.3 Å². The summed E-state index contributed by atoms with van der Waals surface area (Å²) in [5, 5.41) is 1.84. The van der Waals surface area contributed by atoms with Crippen LogP contribution in [0.4, 0.5) is 0 Å². The zero-order valence-corrected chi connectivity index (χ0v) is 9.93. The summed E-state index contributed by atoms with van der Waals surface area (Å²) in [6.07, 6.45) is 0. The first kappa shape index (κ1) is 10.6. The number of hydrogen-bond donors (Lipinski definition) is 1. The Bertz CT molecular complexity index is 397. The van der Waals surface area contributed by atoms with Gasteiger partial charge in [0.25, 0.3) is 0 Å². The fourth-order valence-corrected chi connectivity index (χ4v) is 3.18. The maximum Gasteiger partial charge on any atom is 0.338 e. The molecule has 2 rings (SSSR count). The molecule has 1 aliphatic carbocycles. The van der Waals surface area contributed by atoms with Crippen LogP contribution in [0.1, 0.15) is 35.0 Å². The molecule has 0 spiro atoms. The highest BCUT2D eigenvalue weighted by Crippen LogP contribution is 2.58. The second-order valence-corrected chi connectivity index (χ2v) is 5.50. The fourth-order valence-electron chi connectivity index (χ4n) is 1.96. The van der Waals surface area contributed by atoms with Crippen molar-refractivity contribution in [3.63, 3.8) is 0 Å². The minimum absolute atomic E-state index is 0.165. The molecular weight excluding hydrogens is 210 g/mol. The van der Waals surface area contributed by atoms with Gasteiger partial charge < -0.3 is 10.5 Å². The molecule has 15 heavy (non-hydrogen) atoms. The maximum absolute atomic E-state index is 11.3. The first-order valence-electron chi connectivity index (χ1n) is 4.91. The van der Waals surface area contributed by atoms with Gasteiger partial charge in [0.1, 0.15) is 0 Å². The number of ether oxygens (including phenoxy) is 1. The Morgan fingerprint density at radius 1 is 1.60 bits per heavy atom. The van der Waals surface area contributed by atoms with Gasteiger partial charge in [-0.1, -0.05) is 13.8 Å². The Labute approximate surface area is 93.2 Å². The van der Waals surface area contributed by atoms with Gasteiger partial charge in [0.15, 0.2) is 0 Å². The maximum atomic E-state index is 11.3. The van der Waals surface area contributed by atoms with Gasteiger partial charge in [-0.15, -0.1) is 11.3 Å². The largest absolute Gasteiger partial charge is 0.465 e. The van der Waals surface area contributed by atoms with Gasteiger partial charge in [-0.05, 0) is 11.5 Å². The number of methoxy groups -OCH3 is 1. The van der Waals surface area contributed by atoms with Crippen molar-refractivity contribution in [2.45, 2.75) is 25.8 Å². The topological polar surface area (TPSA) is 52.3 Å². The summed E-state index contributed by atoms with van der Waals surface area (Å²) in [6.45, 7) is 4.31. The van der Waals surface area contributed by atoms with Gasteiger partial charge in [-0.2, -0.15) is 0 Å². The number of esters is 1. The molecule has 1 fully saturated rings. The van der Waals surface area contributed by atoms with Crippen LogP contribution in [0.2, 0.25) is 0 Å². The summed E-state index contributed by atoms with van der Waals surface area (Å²) in [5.41, 5.74) is 6.78. The molecule has 1 aromatic heterocycles. The normalized spacial score (nSPS) is 27.5. The van der Waals surface area contributed by atoms with Crippen LogP contribution in [0.25, 0.3) is 0 Å². The van der Waals surface area contributed by atoms with Crippen LogP contribution in [0.15, 0.2) is 11.4 Å². The third-order valence-corrected chi connectivity index (χ3v) is 4.27. The van der Waals surface area contributed by atoms with Crippen LogP contribution in [0.5, 0.6) is 0 Å². The molecule has 0 radical (unpaired) electrons. The average molecular weight is 225 g/mol.